The minimum atomic E-state index is -0.263. The van der Waals surface area contributed by atoms with Gasteiger partial charge in [-0.3, -0.25) is 9.80 Å². The van der Waals surface area contributed by atoms with E-state index in [1.807, 2.05) is 10.9 Å². The van der Waals surface area contributed by atoms with Crippen LogP contribution in [-0.2, 0) is 16.0 Å². The Labute approximate surface area is 209 Å². The predicted octanol–water partition coefficient (Wildman–Crippen LogP) is 2.87. The van der Waals surface area contributed by atoms with Crippen LogP contribution in [0.2, 0.25) is 0 Å². The Hall–Kier alpha value is -2.00. The summed E-state index contributed by atoms with van der Waals surface area (Å²) in [7, 11) is 0. The number of anilines is 1. The molecule has 4 saturated heterocycles. The SMILES string of the molecule is Cc1cc(N2CCN(CC3CC4CCN3C4)CC2)ccc1-c1cn(CC2OCC(C)(C)CO2)nn1. The fourth-order valence-electron chi connectivity index (χ4n) is 6.23. The summed E-state index contributed by atoms with van der Waals surface area (Å²) in [5.41, 5.74) is 4.65. The van der Waals surface area contributed by atoms with Gasteiger partial charge in [-0.1, -0.05) is 25.1 Å². The molecule has 8 heteroatoms. The number of hydrogen-bond acceptors (Lipinski definition) is 7. The lowest BCUT2D eigenvalue weighted by Gasteiger charge is -2.39. The molecule has 35 heavy (non-hydrogen) atoms. The van der Waals surface area contributed by atoms with Crippen LogP contribution in [0.15, 0.2) is 24.4 Å². The Kier molecular flexibility index (Phi) is 6.33. The number of hydrogen-bond donors (Lipinski definition) is 0. The van der Waals surface area contributed by atoms with Gasteiger partial charge in [0.15, 0.2) is 6.29 Å². The first-order chi connectivity index (χ1) is 16.9. The summed E-state index contributed by atoms with van der Waals surface area (Å²) in [6.45, 7) is 16.9. The monoisotopic (exact) mass is 480 g/mol. The maximum atomic E-state index is 5.85. The molecule has 0 N–H and O–H groups in total. The summed E-state index contributed by atoms with van der Waals surface area (Å²) in [4.78, 5) is 7.94. The number of nitrogens with zero attached hydrogens (tertiary/aromatic N) is 6. The van der Waals surface area contributed by atoms with Crippen molar-refractivity contribution in [3.05, 3.63) is 30.0 Å². The molecule has 0 saturated carbocycles. The van der Waals surface area contributed by atoms with Crippen LogP contribution >= 0.6 is 0 Å². The van der Waals surface area contributed by atoms with Gasteiger partial charge in [0.2, 0.25) is 0 Å². The topological polar surface area (TPSA) is 58.9 Å². The van der Waals surface area contributed by atoms with Gasteiger partial charge in [0.1, 0.15) is 5.69 Å². The van der Waals surface area contributed by atoms with Crippen molar-refractivity contribution in [2.75, 3.05) is 63.9 Å². The highest BCUT2D eigenvalue weighted by molar-refractivity contribution is 5.67. The van der Waals surface area contributed by atoms with E-state index in [9.17, 15) is 0 Å². The lowest BCUT2D eigenvalue weighted by Crippen LogP contribution is -2.50. The Morgan fingerprint density at radius 1 is 1.03 bits per heavy atom. The molecule has 1 aromatic carbocycles. The van der Waals surface area contributed by atoms with Crippen LogP contribution in [0.3, 0.4) is 0 Å². The molecule has 3 unspecified atom stereocenters. The number of rotatable bonds is 6. The van der Waals surface area contributed by atoms with E-state index in [2.05, 4.69) is 64.0 Å². The fraction of sp³-hybridized carbons (Fsp3) is 0.704. The van der Waals surface area contributed by atoms with Gasteiger partial charge >= 0.3 is 0 Å². The van der Waals surface area contributed by atoms with Crippen molar-refractivity contribution in [1.29, 1.82) is 0 Å². The zero-order valence-corrected chi connectivity index (χ0v) is 21.5. The molecule has 4 aliphatic rings. The maximum absolute atomic E-state index is 5.85. The van der Waals surface area contributed by atoms with Crippen molar-refractivity contribution in [3.63, 3.8) is 0 Å². The van der Waals surface area contributed by atoms with E-state index in [0.29, 0.717) is 19.8 Å². The van der Waals surface area contributed by atoms with Crippen LogP contribution < -0.4 is 4.90 Å². The van der Waals surface area contributed by atoms with E-state index >= 15 is 0 Å². The molecule has 0 spiro atoms. The largest absolute Gasteiger partial charge is 0.369 e. The van der Waals surface area contributed by atoms with Gasteiger partial charge in [0.25, 0.3) is 0 Å². The second-order valence-electron chi connectivity index (χ2n) is 11.9. The highest BCUT2D eigenvalue weighted by atomic mass is 16.7. The quantitative estimate of drug-likeness (QED) is 0.630. The third kappa shape index (κ3) is 5.12. The molecule has 4 fully saturated rings. The number of benzene rings is 1. The third-order valence-electron chi connectivity index (χ3n) is 8.33. The van der Waals surface area contributed by atoms with Gasteiger partial charge in [0.05, 0.1) is 26.0 Å². The zero-order valence-electron chi connectivity index (χ0n) is 21.5. The van der Waals surface area contributed by atoms with Gasteiger partial charge in [-0.2, -0.15) is 0 Å². The van der Waals surface area contributed by atoms with Gasteiger partial charge in [-0.15, -0.1) is 5.10 Å². The van der Waals surface area contributed by atoms with Crippen LogP contribution in [0.25, 0.3) is 11.3 Å². The van der Waals surface area contributed by atoms with E-state index in [1.165, 1.54) is 43.7 Å². The van der Waals surface area contributed by atoms with E-state index < -0.39 is 0 Å². The smallest absolute Gasteiger partial charge is 0.177 e. The first kappa shape index (κ1) is 23.4. The van der Waals surface area contributed by atoms with E-state index in [-0.39, 0.29) is 11.7 Å². The van der Waals surface area contributed by atoms with Crippen LogP contribution in [0.5, 0.6) is 0 Å². The molecule has 8 nitrogen and oxygen atoms in total. The van der Waals surface area contributed by atoms with Crippen LogP contribution in [0.1, 0.15) is 32.3 Å². The maximum Gasteiger partial charge on any atom is 0.177 e. The van der Waals surface area contributed by atoms with Gasteiger partial charge in [0, 0.05) is 62.0 Å². The first-order valence-electron chi connectivity index (χ1n) is 13.4. The molecule has 190 valence electrons. The van der Waals surface area contributed by atoms with Crippen molar-refractivity contribution in [3.8, 4) is 11.3 Å². The molecule has 2 bridgehead atoms. The first-order valence-corrected chi connectivity index (χ1v) is 13.4. The highest BCUT2D eigenvalue weighted by Crippen LogP contribution is 2.33. The van der Waals surface area contributed by atoms with Gasteiger partial charge < -0.3 is 14.4 Å². The molecular weight excluding hydrogens is 440 g/mol. The Morgan fingerprint density at radius 2 is 1.83 bits per heavy atom. The highest BCUT2D eigenvalue weighted by Gasteiger charge is 2.38. The van der Waals surface area contributed by atoms with Crippen LogP contribution in [0.4, 0.5) is 5.69 Å². The molecule has 4 aliphatic heterocycles. The second-order valence-corrected chi connectivity index (χ2v) is 11.9. The number of ether oxygens (including phenoxy) is 2. The summed E-state index contributed by atoms with van der Waals surface area (Å²) in [5.74, 6) is 0.978. The van der Waals surface area contributed by atoms with Crippen molar-refractivity contribution < 1.29 is 9.47 Å². The van der Waals surface area contributed by atoms with Crippen LogP contribution in [0, 0.1) is 18.3 Å². The molecule has 0 amide bonds. The number of aryl methyl sites for hydroxylation is 1. The Morgan fingerprint density at radius 3 is 2.51 bits per heavy atom. The minimum Gasteiger partial charge on any atom is -0.369 e. The Balaban J connectivity index is 1.03. The number of aromatic nitrogens is 3. The number of fused-ring (bicyclic) bond motifs is 2. The molecule has 0 aliphatic carbocycles. The fourth-order valence-corrected chi connectivity index (χ4v) is 6.23. The average Bonchev–Trinajstić information content (AvgIpc) is 3.59. The summed E-state index contributed by atoms with van der Waals surface area (Å²) >= 11 is 0. The van der Waals surface area contributed by atoms with Crippen molar-refractivity contribution in [2.45, 2.75) is 52.5 Å². The molecule has 5 heterocycles. The molecule has 6 rings (SSSR count). The van der Waals surface area contributed by atoms with Crippen LogP contribution in [-0.4, -0.2) is 96.2 Å². The summed E-state index contributed by atoms with van der Waals surface area (Å²) in [6, 6.07) is 7.55. The van der Waals surface area contributed by atoms with E-state index in [1.54, 1.807) is 0 Å². The van der Waals surface area contributed by atoms with Gasteiger partial charge in [-0.25, -0.2) is 4.68 Å². The summed E-state index contributed by atoms with van der Waals surface area (Å²) in [6.07, 6.45) is 4.59. The average molecular weight is 481 g/mol. The number of piperidine rings is 1. The van der Waals surface area contributed by atoms with E-state index in [0.717, 1.165) is 49.4 Å². The van der Waals surface area contributed by atoms with Crippen molar-refractivity contribution in [1.82, 2.24) is 24.8 Å². The predicted molar refractivity (Wildman–Crippen MR) is 136 cm³/mol. The van der Waals surface area contributed by atoms with Gasteiger partial charge in [-0.05, 0) is 49.9 Å². The molecule has 0 radical (unpaired) electrons. The third-order valence-corrected chi connectivity index (χ3v) is 8.33. The molecule has 3 atom stereocenters. The zero-order chi connectivity index (χ0) is 24.0. The van der Waals surface area contributed by atoms with E-state index in [4.69, 9.17) is 9.47 Å². The Bertz CT molecular complexity index is 1020. The minimum absolute atomic E-state index is 0.0727. The lowest BCUT2D eigenvalue weighted by atomic mass is 9.96. The number of piperazine rings is 1. The lowest BCUT2D eigenvalue weighted by molar-refractivity contribution is -0.227. The summed E-state index contributed by atoms with van der Waals surface area (Å²) < 4.78 is 13.5. The second kappa shape index (κ2) is 9.47. The normalized spacial score (nSPS) is 29.2. The van der Waals surface area contributed by atoms with Crippen molar-refractivity contribution >= 4 is 5.69 Å². The molecule has 1 aromatic heterocycles. The molecule has 2 aromatic rings. The van der Waals surface area contributed by atoms with Crippen molar-refractivity contribution in [2.24, 2.45) is 11.3 Å². The summed E-state index contributed by atoms with van der Waals surface area (Å²) in [5, 5.41) is 8.76. The molecular formula is C27H40N6O2. The standard InChI is InChI=1S/C27H40N6O2/c1-20-12-22(31-10-8-30(9-11-31)15-23-13-21-6-7-32(23)14-21)4-5-24(20)25-16-33(29-28-25)17-26-34-18-27(2,3)19-35-26/h4-5,12,16,21,23,26H,6-11,13-15,17-19H2,1-3H3.